The van der Waals surface area contributed by atoms with Gasteiger partial charge in [-0.05, 0) is 23.8 Å². The van der Waals surface area contributed by atoms with Crippen molar-refractivity contribution in [1.82, 2.24) is 0 Å². The lowest BCUT2D eigenvalue weighted by Crippen LogP contribution is -2.13. The summed E-state index contributed by atoms with van der Waals surface area (Å²) in [6.45, 7) is 0.609. The van der Waals surface area contributed by atoms with E-state index in [9.17, 15) is 0 Å². The van der Waals surface area contributed by atoms with Crippen LogP contribution in [0.1, 0.15) is 11.1 Å². The molecule has 104 valence electrons. The van der Waals surface area contributed by atoms with Crippen LogP contribution in [-0.4, -0.2) is 11.0 Å². The van der Waals surface area contributed by atoms with Gasteiger partial charge in [0.15, 0.2) is 5.84 Å². The number of benzene rings is 2. The number of nitrogens with one attached hydrogen (secondary N) is 1. The number of nitrogens with zero attached hydrogens (tertiary/aromatic N) is 1. The van der Waals surface area contributed by atoms with Crippen molar-refractivity contribution in [2.75, 3.05) is 5.32 Å². The number of hydrogen-bond donors (Lipinski definition) is 3. The number of anilines is 1. The van der Waals surface area contributed by atoms with Crippen molar-refractivity contribution in [3.8, 4) is 0 Å². The Bertz CT molecular complexity index is 627. The molecule has 2 aromatic carbocycles. The first-order chi connectivity index (χ1) is 9.60. The van der Waals surface area contributed by atoms with E-state index in [-0.39, 0.29) is 5.84 Å². The summed E-state index contributed by atoms with van der Waals surface area (Å²) in [4.78, 5) is 0. The van der Waals surface area contributed by atoms with Gasteiger partial charge in [-0.15, -0.1) is 0 Å². The van der Waals surface area contributed by atoms with E-state index in [1.165, 1.54) is 0 Å². The second-order valence-corrected chi connectivity index (χ2v) is 5.00. The third kappa shape index (κ3) is 3.56. The molecule has 4 N–H and O–H groups in total. The van der Waals surface area contributed by atoms with Crippen molar-refractivity contribution in [2.24, 2.45) is 10.9 Å². The highest BCUT2D eigenvalue weighted by molar-refractivity contribution is 6.36. The molecule has 0 radical (unpaired) electrons. The van der Waals surface area contributed by atoms with Crippen molar-refractivity contribution < 1.29 is 5.21 Å². The molecule has 0 aliphatic rings. The largest absolute Gasteiger partial charge is 0.409 e. The van der Waals surface area contributed by atoms with Gasteiger partial charge in [0.2, 0.25) is 0 Å². The Morgan fingerprint density at radius 2 is 1.85 bits per heavy atom. The highest BCUT2D eigenvalue weighted by atomic mass is 35.5. The third-order valence-corrected chi connectivity index (χ3v) is 3.32. The Morgan fingerprint density at radius 1 is 1.15 bits per heavy atom. The van der Waals surface area contributed by atoms with Crippen molar-refractivity contribution in [3.63, 3.8) is 0 Å². The van der Waals surface area contributed by atoms with Gasteiger partial charge in [-0.1, -0.05) is 52.6 Å². The normalized spacial score (nSPS) is 11.4. The van der Waals surface area contributed by atoms with Crippen molar-refractivity contribution in [3.05, 3.63) is 63.6 Å². The van der Waals surface area contributed by atoms with E-state index in [0.29, 0.717) is 22.2 Å². The average Bonchev–Trinajstić information content (AvgIpc) is 2.46. The van der Waals surface area contributed by atoms with Crippen LogP contribution in [0.15, 0.2) is 47.6 Å². The lowest BCUT2D eigenvalue weighted by atomic mass is 10.1. The smallest absolute Gasteiger partial charge is 0.170 e. The zero-order valence-electron chi connectivity index (χ0n) is 10.5. The topological polar surface area (TPSA) is 70.6 Å². The molecule has 0 heterocycles. The van der Waals surface area contributed by atoms with E-state index < -0.39 is 0 Å². The van der Waals surface area contributed by atoms with Crippen LogP contribution in [0.3, 0.4) is 0 Å². The number of halogens is 2. The van der Waals surface area contributed by atoms with Crippen LogP contribution in [0, 0.1) is 0 Å². The minimum absolute atomic E-state index is 0.0882. The Balaban J connectivity index is 2.04. The molecule has 2 aromatic rings. The van der Waals surface area contributed by atoms with Crippen LogP contribution >= 0.6 is 23.2 Å². The number of amidine groups is 1. The van der Waals surface area contributed by atoms with E-state index in [1.807, 2.05) is 18.2 Å². The lowest BCUT2D eigenvalue weighted by molar-refractivity contribution is 0.318. The molecule has 6 heteroatoms. The minimum atomic E-state index is 0.0882. The Kier molecular flexibility index (Phi) is 4.71. The maximum Gasteiger partial charge on any atom is 0.170 e. The summed E-state index contributed by atoms with van der Waals surface area (Å²) in [5.74, 6) is 0.0882. The fraction of sp³-hybridized carbons (Fsp3) is 0.0714. The number of rotatable bonds is 4. The Hall–Kier alpha value is -1.91. The molecular formula is C14H13Cl2N3O. The van der Waals surface area contributed by atoms with Crippen molar-refractivity contribution >= 4 is 34.7 Å². The first-order valence-electron chi connectivity index (χ1n) is 5.86. The predicted molar refractivity (Wildman–Crippen MR) is 82.7 cm³/mol. The highest BCUT2D eigenvalue weighted by Gasteiger charge is 2.02. The van der Waals surface area contributed by atoms with Crippen molar-refractivity contribution in [2.45, 2.75) is 6.54 Å². The maximum absolute atomic E-state index is 8.59. The van der Waals surface area contributed by atoms with Crippen LogP contribution in [0.25, 0.3) is 0 Å². The van der Waals surface area contributed by atoms with E-state index in [4.69, 9.17) is 34.1 Å². The number of nitrogens with two attached hydrogens (primary N) is 1. The second-order valence-electron chi connectivity index (χ2n) is 4.16. The minimum Gasteiger partial charge on any atom is -0.409 e. The molecule has 2 rings (SSSR count). The molecule has 0 aliphatic carbocycles. The van der Waals surface area contributed by atoms with Crippen LogP contribution in [0.5, 0.6) is 0 Å². The first kappa shape index (κ1) is 14.5. The van der Waals surface area contributed by atoms with Gasteiger partial charge in [0.1, 0.15) is 0 Å². The Morgan fingerprint density at radius 3 is 2.45 bits per heavy atom. The predicted octanol–water partition coefficient (Wildman–Crippen LogP) is 3.70. The van der Waals surface area contributed by atoms with Gasteiger partial charge in [-0.3, -0.25) is 0 Å². The first-order valence-corrected chi connectivity index (χ1v) is 6.61. The molecular weight excluding hydrogens is 297 g/mol. The van der Waals surface area contributed by atoms with Crippen LogP contribution in [0.4, 0.5) is 5.69 Å². The average molecular weight is 310 g/mol. The molecule has 0 bridgehead atoms. The molecule has 0 saturated carbocycles. The zero-order valence-corrected chi connectivity index (χ0v) is 12.0. The summed E-state index contributed by atoms with van der Waals surface area (Å²) in [6.07, 6.45) is 0. The van der Waals surface area contributed by atoms with E-state index >= 15 is 0 Å². The summed E-state index contributed by atoms with van der Waals surface area (Å²) >= 11 is 11.9. The molecule has 0 atom stereocenters. The van der Waals surface area contributed by atoms with Gasteiger partial charge in [-0.2, -0.15) is 0 Å². The van der Waals surface area contributed by atoms with Gasteiger partial charge >= 0.3 is 0 Å². The van der Waals surface area contributed by atoms with E-state index in [2.05, 4.69) is 10.5 Å². The van der Waals surface area contributed by atoms with Crippen LogP contribution < -0.4 is 11.1 Å². The standard InChI is InChI=1S/C14H13Cl2N3O/c15-11-5-6-13(12(16)7-11)18-8-9-1-3-10(4-2-9)14(17)19-20/h1-7,18,20H,8H2,(H2,17,19). The molecule has 20 heavy (non-hydrogen) atoms. The molecule has 0 amide bonds. The molecule has 4 nitrogen and oxygen atoms in total. The second kappa shape index (κ2) is 6.50. The van der Waals surface area contributed by atoms with Crippen LogP contribution in [-0.2, 0) is 6.54 Å². The SMILES string of the molecule is NC(=NO)c1ccc(CNc2ccc(Cl)cc2Cl)cc1. The fourth-order valence-corrected chi connectivity index (χ4v) is 2.16. The maximum atomic E-state index is 8.59. The van der Waals surface area contributed by atoms with Gasteiger partial charge in [0.05, 0.1) is 10.7 Å². The van der Waals surface area contributed by atoms with E-state index in [0.717, 1.165) is 11.3 Å². The zero-order chi connectivity index (χ0) is 14.5. The molecule has 0 spiro atoms. The summed E-state index contributed by atoms with van der Waals surface area (Å²) in [5, 5.41) is 15.9. The lowest BCUT2D eigenvalue weighted by Gasteiger charge is -2.09. The Labute approximate surface area is 126 Å². The molecule has 0 aliphatic heterocycles. The summed E-state index contributed by atoms with van der Waals surface area (Å²) in [5.41, 5.74) is 8.03. The quantitative estimate of drug-likeness (QED) is 0.349. The van der Waals surface area contributed by atoms with Gasteiger partial charge in [-0.25, -0.2) is 0 Å². The van der Waals surface area contributed by atoms with Crippen molar-refractivity contribution in [1.29, 1.82) is 0 Å². The number of oxime groups is 1. The molecule has 0 unspecified atom stereocenters. The highest BCUT2D eigenvalue weighted by Crippen LogP contribution is 2.25. The summed E-state index contributed by atoms with van der Waals surface area (Å²) in [7, 11) is 0. The van der Waals surface area contributed by atoms with Gasteiger partial charge in [0, 0.05) is 17.1 Å². The molecule has 0 aromatic heterocycles. The third-order valence-electron chi connectivity index (χ3n) is 2.77. The van der Waals surface area contributed by atoms with E-state index in [1.54, 1.807) is 24.3 Å². The summed E-state index contributed by atoms with van der Waals surface area (Å²) < 4.78 is 0. The molecule has 0 fully saturated rings. The fourth-order valence-electron chi connectivity index (χ4n) is 1.68. The van der Waals surface area contributed by atoms with Gasteiger partial charge in [0.25, 0.3) is 0 Å². The monoisotopic (exact) mass is 309 g/mol. The molecule has 0 saturated heterocycles. The summed E-state index contributed by atoms with van der Waals surface area (Å²) in [6, 6.07) is 12.7. The van der Waals surface area contributed by atoms with Gasteiger partial charge < -0.3 is 16.3 Å². The van der Waals surface area contributed by atoms with Crippen LogP contribution in [0.2, 0.25) is 10.0 Å². The number of hydrogen-bond acceptors (Lipinski definition) is 3.